The summed E-state index contributed by atoms with van der Waals surface area (Å²) in [5, 5.41) is 26.7. The molecule has 0 aromatic heterocycles. The van der Waals surface area contributed by atoms with Crippen molar-refractivity contribution in [1.29, 1.82) is 0 Å². The molecule has 0 amide bonds. The van der Waals surface area contributed by atoms with E-state index < -0.39 is 31.7 Å². The Morgan fingerprint density at radius 2 is 0.269 bits per heavy atom. The van der Waals surface area contributed by atoms with Crippen molar-refractivity contribution in [3.63, 3.8) is 0 Å². The quantitative estimate of drug-likeness (QED) is 0.0752. The minimum absolute atomic E-state index is 0. The Labute approximate surface area is 564 Å². The molecular formula is C88H64P4Rh+. The summed E-state index contributed by atoms with van der Waals surface area (Å²) in [6, 6.07) is 144. The third-order valence-electron chi connectivity index (χ3n) is 17.2. The SMILES string of the molecule is [Rh+].c1ccc(P(c2ccccc2)c2ccc3ccccc3c2-c2c(P(c3ccccc3)c3ccccc3)ccc3ccccc23)cc1.c1ccc(P(c2ccccc2)c2ccc3ccccc3c2-c2c(P(c3ccccc3)c3ccccc3)ccc3ccccc23)cc1. The molecule has 0 spiro atoms. The van der Waals surface area contributed by atoms with Gasteiger partial charge in [-0.05, 0) is 161 Å². The van der Waals surface area contributed by atoms with Crippen LogP contribution in [0.5, 0.6) is 0 Å². The molecule has 0 nitrogen and oxygen atoms in total. The second-order valence-electron chi connectivity index (χ2n) is 22.7. The molecule has 0 N–H and O–H groups in total. The summed E-state index contributed by atoms with van der Waals surface area (Å²) in [4.78, 5) is 0. The Balaban J connectivity index is 0.000000159. The maximum absolute atomic E-state index is 2.42. The van der Waals surface area contributed by atoms with Gasteiger partial charge in [-0.15, -0.1) is 0 Å². The van der Waals surface area contributed by atoms with Crippen molar-refractivity contribution in [2.45, 2.75) is 0 Å². The minimum Gasteiger partial charge on any atom is -0.0622 e. The fraction of sp³-hybridized carbons (Fsp3) is 0. The van der Waals surface area contributed by atoms with Crippen molar-refractivity contribution >= 4 is 138 Å². The third-order valence-corrected chi connectivity index (χ3v) is 27.1. The average Bonchev–Trinajstić information content (AvgIpc) is 0.748. The van der Waals surface area contributed by atoms with Gasteiger partial charge in [-0.2, -0.15) is 0 Å². The van der Waals surface area contributed by atoms with Crippen LogP contribution in [0.25, 0.3) is 65.3 Å². The predicted molar refractivity (Wildman–Crippen MR) is 409 cm³/mol. The fourth-order valence-electron chi connectivity index (χ4n) is 13.2. The van der Waals surface area contributed by atoms with Crippen LogP contribution in [0.4, 0.5) is 0 Å². The molecule has 0 radical (unpaired) electrons. The number of hydrogen-bond donors (Lipinski definition) is 0. The zero-order valence-corrected chi connectivity index (χ0v) is 56.3. The monoisotopic (exact) mass is 1350 g/mol. The standard InChI is InChI=1S/2C44H32P2.Rh/c2*1-5-19-35(20-6-1)45(36-21-7-2-8-22-36)41-31-29-33-17-13-15-27-39(33)43(41)44-40-28-16-14-18-34(40)30-32-42(44)46(37-23-9-3-10-24-37)38-25-11-4-12-26-38;/h2*1-32H;/q;;+1. The van der Waals surface area contributed by atoms with E-state index in [1.807, 2.05) is 0 Å². The van der Waals surface area contributed by atoms with Gasteiger partial charge >= 0.3 is 19.5 Å². The van der Waals surface area contributed by atoms with E-state index in [0.717, 1.165) is 0 Å². The normalized spacial score (nSPS) is 11.3. The fourth-order valence-corrected chi connectivity index (χ4v) is 23.1. The van der Waals surface area contributed by atoms with Crippen LogP contribution in [0.2, 0.25) is 0 Å². The summed E-state index contributed by atoms with van der Waals surface area (Å²) < 4.78 is 0. The molecule has 0 saturated carbocycles. The first-order valence-electron chi connectivity index (χ1n) is 31.4. The van der Waals surface area contributed by atoms with E-state index >= 15 is 0 Å². The van der Waals surface area contributed by atoms with Gasteiger partial charge in [-0.3, -0.25) is 0 Å². The zero-order chi connectivity index (χ0) is 61.4. The van der Waals surface area contributed by atoms with Crippen molar-refractivity contribution in [3.05, 3.63) is 388 Å². The molecule has 16 rings (SSSR count). The first-order chi connectivity index (χ1) is 45.7. The van der Waals surface area contributed by atoms with Crippen LogP contribution >= 0.6 is 31.7 Å². The molecule has 0 fully saturated rings. The average molecular weight is 1350 g/mol. The third kappa shape index (κ3) is 12.7. The molecule has 16 aromatic rings. The molecule has 0 aliphatic rings. The van der Waals surface area contributed by atoms with E-state index in [1.165, 1.54) is 129 Å². The maximum atomic E-state index is 2.42. The van der Waals surface area contributed by atoms with Gasteiger partial charge in [0.25, 0.3) is 0 Å². The summed E-state index contributed by atoms with van der Waals surface area (Å²) in [5.74, 6) is 0. The Kier molecular flexibility index (Phi) is 19.0. The Bertz CT molecular complexity index is 4340. The number of fused-ring (bicyclic) bond motifs is 4. The number of rotatable bonds is 14. The van der Waals surface area contributed by atoms with Crippen LogP contribution in [0.1, 0.15) is 0 Å². The van der Waals surface area contributed by atoms with Crippen molar-refractivity contribution in [2.24, 2.45) is 0 Å². The summed E-state index contributed by atoms with van der Waals surface area (Å²) in [5.41, 5.74) is 5.40. The summed E-state index contributed by atoms with van der Waals surface area (Å²) in [7, 11) is -3.41. The van der Waals surface area contributed by atoms with Crippen molar-refractivity contribution in [2.75, 3.05) is 0 Å². The van der Waals surface area contributed by atoms with E-state index in [1.54, 1.807) is 0 Å². The molecule has 444 valence electrons. The topological polar surface area (TPSA) is 0 Å². The van der Waals surface area contributed by atoms with Crippen LogP contribution in [0.15, 0.2) is 388 Å². The molecule has 0 bridgehead atoms. The summed E-state index contributed by atoms with van der Waals surface area (Å²) in [6.45, 7) is 0. The molecule has 0 saturated heterocycles. The smallest absolute Gasteiger partial charge is 0.0622 e. The van der Waals surface area contributed by atoms with Crippen LogP contribution < -0.4 is 63.7 Å². The Morgan fingerprint density at radius 3 is 0.430 bits per heavy atom. The van der Waals surface area contributed by atoms with Gasteiger partial charge in [-0.25, -0.2) is 0 Å². The molecule has 0 atom stereocenters. The van der Waals surface area contributed by atoms with Gasteiger partial charge < -0.3 is 0 Å². The van der Waals surface area contributed by atoms with E-state index in [0.29, 0.717) is 0 Å². The van der Waals surface area contributed by atoms with E-state index in [4.69, 9.17) is 0 Å². The molecular weight excluding hydrogens is 1280 g/mol. The maximum Gasteiger partial charge on any atom is 1.00 e. The van der Waals surface area contributed by atoms with Crippen LogP contribution in [-0.4, -0.2) is 0 Å². The zero-order valence-electron chi connectivity index (χ0n) is 51.1. The Hall–Kier alpha value is -9.10. The molecule has 5 heteroatoms. The van der Waals surface area contributed by atoms with E-state index in [2.05, 4.69) is 388 Å². The molecule has 16 aromatic carbocycles. The van der Waals surface area contributed by atoms with Gasteiger partial charge in [0.05, 0.1) is 0 Å². The molecule has 93 heavy (non-hydrogen) atoms. The summed E-state index contributed by atoms with van der Waals surface area (Å²) >= 11 is 0. The largest absolute Gasteiger partial charge is 1.00 e. The molecule has 0 aliphatic carbocycles. The van der Waals surface area contributed by atoms with E-state index in [9.17, 15) is 0 Å². The van der Waals surface area contributed by atoms with Gasteiger partial charge in [0.1, 0.15) is 0 Å². The van der Waals surface area contributed by atoms with Crippen molar-refractivity contribution in [3.8, 4) is 22.3 Å². The van der Waals surface area contributed by atoms with Gasteiger partial charge in [0, 0.05) is 0 Å². The number of benzene rings is 16. The second kappa shape index (κ2) is 28.8. The number of hydrogen-bond acceptors (Lipinski definition) is 0. The summed E-state index contributed by atoms with van der Waals surface area (Å²) in [6.07, 6.45) is 0. The van der Waals surface area contributed by atoms with Gasteiger partial charge in [-0.1, -0.05) is 388 Å². The molecule has 0 aliphatic heterocycles. The molecule has 0 unspecified atom stereocenters. The Morgan fingerprint density at radius 1 is 0.129 bits per heavy atom. The first kappa shape index (κ1) is 61.4. The molecule has 0 heterocycles. The minimum atomic E-state index is -0.852. The second-order valence-corrected chi connectivity index (χ2v) is 31.5. The van der Waals surface area contributed by atoms with Crippen LogP contribution in [-0.2, 0) is 19.5 Å². The van der Waals surface area contributed by atoms with Crippen molar-refractivity contribution in [1.82, 2.24) is 0 Å². The predicted octanol–water partition coefficient (Wildman–Crippen LogP) is 18.4. The first-order valence-corrected chi connectivity index (χ1v) is 36.8. The van der Waals surface area contributed by atoms with E-state index in [-0.39, 0.29) is 19.5 Å². The van der Waals surface area contributed by atoms with Crippen LogP contribution in [0, 0.1) is 0 Å². The van der Waals surface area contributed by atoms with Gasteiger partial charge in [0.15, 0.2) is 0 Å². The van der Waals surface area contributed by atoms with Crippen molar-refractivity contribution < 1.29 is 19.5 Å². The van der Waals surface area contributed by atoms with Gasteiger partial charge in [0.2, 0.25) is 0 Å². The van der Waals surface area contributed by atoms with Crippen LogP contribution in [0.3, 0.4) is 0 Å².